The lowest BCUT2D eigenvalue weighted by molar-refractivity contribution is 0.0939. The van der Waals surface area contributed by atoms with Crippen LogP contribution in [0.25, 0.3) is 0 Å². The van der Waals surface area contributed by atoms with E-state index in [9.17, 15) is 4.79 Å². The number of carbonyl (C=O) groups excluding carboxylic acids is 1. The maximum atomic E-state index is 11.8. The second-order valence-electron chi connectivity index (χ2n) is 3.85. The number of aromatic nitrogens is 2. The number of rotatable bonds is 3. The Morgan fingerprint density at radius 3 is 2.69 bits per heavy atom. The van der Waals surface area contributed by atoms with Crippen LogP contribution in [-0.2, 0) is 6.54 Å². The normalized spacial score (nSPS) is 10.7. The zero-order valence-electron chi connectivity index (χ0n) is 9.65. The summed E-state index contributed by atoms with van der Waals surface area (Å²) in [6, 6.07) is 3.38. The van der Waals surface area contributed by atoms with Crippen molar-refractivity contribution < 1.29 is 9.21 Å². The maximum absolute atomic E-state index is 11.8. The lowest BCUT2D eigenvalue weighted by atomic mass is 10.2. The highest BCUT2D eigenvalue weighted by molar-refractivity contribution is 5.93. The lowest BCUT2D eigenvalue weighted by Crippen LogP contribution is -2.12. The van der Waals surface area contributed by atoms with Crippen LogP contribution in [-0.4, -0.2) is 15.6 Å². The first-order valence-electron chi connectivity index (χ1n) is 5.17. The molecule has 0 atom stereocenters. The van der Waals surface area contributed by atoms with E-state index in [2.05, 4.69) is 5.10 Å². The fourth-order valence-electron chi connectivity index (χ4n) is 1.59. The van der Waals surface area contributed by atoms with Crippen LogP contribution in [0, 0.1) is 20.8 Å². The van der Waals surface area contributed by atoms with Crippen LogP contribution in [0.3, 0.4) is 0 Å². The van der Waals surface area contributed by atoms with Crippen LogP contribution in [0.2, 0.25) is 0 Å². The summed E-state index contributed by atoms with van der Waals surface area (Å²) in [5.41, 5.74) is 3.12. The fraction of sp³-hybridized carbons (Fsp3) is 0.333. The van der Waals surface area contributed by atoms with E-state index in [1.165, 1.54) is 6.26 Å². The van der Waals surface area contributed by atoms with Crippen LogP contribution < -0.4 is 0 Å². The van der Waals surface area contributed by atoms with Crippen molar-refractivity contribution in [1.82, 2.24) is 9.78 Å². The Morgan fingerprint density at radius 2 is 2.19 bits per heavy atom. The Bertz CT molecular complexity index is 509. The monoisotopic (exact) mass is 218 g/mol. The summed E-state index contributed by atoms with van der Waals surface area (Å²) in [6.45, 7) is 6.14. The molecule has 2 heterocycles. The molecule has 0 unspecified atom stereocenters. The van der Waals surface area contributed by atoms with Gasteiger partial charge in [-0.1, -0.05) is 0 Å². The van der Waals surface area contributed by atoms with Gasteiger partial charge in [0.05, 0.1) is 12.0 Å². The van der Waals surface area contributed by atoms with Gasteiger partial charge in [-0.2, -0.15) is 5.10 Å². The predicted molar refractivity (Wildman–Crippen MR) is 59.5 cm³/mol. The van der Waals surface area contributed by atoms with Crippen molar-refractivity contribution in [1.29, 1.82) is 0 Å². The summed E-state index contributed by atoms with van der Waals surface area (Å²) in [7, 11) is 0. The first-order chi connectivity index (χ1) is 7.59. The zero-order chi connectivity index (χ0) is 11.7. The number of hydrogen-bond acceptors (Lipinski definition) is 3. The molecule has 4 heteroatoms. The Labute approximate surface area is 93.9 Å². The number of ketones is 1. The first-order valence-corrected chi connectivity index (χ1v) is 5.17. The Morgan fingerprint density at radius 1 is 1.44 bits per heavy atom. The minimum absolute atomic E-state index is 0.0596. The van der Waals surface area contributed by atoms with Crippen molar-refractivity contribution in [3.63, 3.8) is 0 Å². The van der Waals surface area contributed by atoms with Gasteiger partial charge in [0.15, 0.2) is 5.76 Å². The number of carbonyl (C=O) groups is 1. The van der Waals surface area contributed by atoms with Crippen LogP contribution in [0.4, 0.5) is 0 Å². The van der Waals surface area contributed by atoms with Crippen molar-refractivity contribution in [2.75, 3.05) is 0 Å². The van der Waals surface area contributed by atoms with E-state index in [0.29, 0.717) is 5.76 Å². The van der Waals surface area contributed by atoms with Crippen LogP contribution in [0.1, 0.15) is 27.5 Å². The van der Waals surface area contributed by atoms with Gasteiger partial charge in [-0.25, -0.2) is 0 Å². The molecule has 0 saturated heterocycles. The van der Waals surface area contributed by atoms with Gasteiger partial charge in [0.2, 0.25) is 5.78 Å². The summed E-state index contributed by atoms with van der Waals surface area (Å²) >= 11 is 0. The summed E-state index contributed by atoms with van der Waals surface area (Å²) in [4.78, 5) is 11.8. The van der Waals surface area contributed by atoms with E-state index in [1.807, 2.05) is 20.8 Å². The Kier molecular flexibility index (Phi) is 2.64. The second kappa shape index (κ2) is 3.96. The van der Waals surface area contributed by atoms with E-state index < -0.39 is 0 Å². The number of aryl methyl sites for hydroxylation is 1. The largest absolute Gasteiger partial charge is 0.461 e. The lowest BCUT2D eigenvalue weighted by Gasteiger charge is -2.01. The van der Waals surface area contributed by atoms with E-state index in [-0.39, 0.29) is 12.3 Å². The molecule has 0 N–H and O–H groups in total. The molecule has 4 nitrogen and oxygen atoms in total. The highest BCUT2D eigenvalue weighted by atomic mass is 16.3. The average Bonchev–Trinajstić information content (AvgIpc) is 2.85. The van der Waals surface area contributed by atoms with Gasteiger partial charge in [0.1, 0.15) is 6.54 Å². The van der Waals surface area contributed by atoms with Crippen molar-refractivity contribution in [3.8, 4) is 0 Å². The number of furan rings is 1. The van der Waals surface area contributed by atoms with E-state index in [1.54, 1.807) is 16.8 Å². The molecule has 0 saturated carbocycles. The molecule has 0 aliphatic carbocycles. The third-order valence-corrected chi connectivity index (χ3v) is 2.83. The van der Waals surface area contributed by atoms with Gasteiger partial charge in [-0.15, -0.1) is 0 Å². The third kappa shape index (κ3) is 1.78. The number of nitrogens with zero attached hydrogens (tertiary/aromatic N) is 2. The minimum Gasteiger partial charge on any atom is -0.461 e. The first kappa shape index (κ1) is 10.7. The maximum Gasteiger partial charge on any atom is 0.219 e. The van der Waals surface area contributed by atoms with Gasteiger partial charge < -0.3 is 4.42 Å². The molecule has 0 amide bonds. The molecule has 2 rings (SSSR count). The molecule has 0 spiro atoms. The van der Waals surface area contributed by atoms with E-state index in [4.69, 9.17) is 4.42 Å². The second-order valence-corrected chi connectivity index (χ2v) is 3.85. The highest BCUT2D eigenvalue weighted by Gasteiger charge is 2.13. The average molecular weight is 218 g/mol. The summed E-state index contributed by atoms with van der Waals surface area (Å²) in [5.74, 6) is 0.320. The van der Waals surface area contributed by atoms with Crippen molar-refractivity contribution in [2.24, 2.45) is 0 Å². The Balaban J connectivity index is 2.22. The molecule has 2 aromatic rings. The molecule has 0 fully saturated rings. The van der Waals surface area contributed by atoms with Crippen molar-refractivity contribution in [2.45, 2.75) is 27.3 Å². The summed E-state index contributed by atoms with van der Waals surface area (Å²) < 4.78 is 6.77. The van der Waals surface area contributed by atoms with Crippen LogP contribution in [0.5, 0.6) is 0 Å². The van der Waals surface area contributed by atoms with Crippen LogP contribution in [0.15, 0.2) is 22.8 Å². The predicted octanol–water partition coefficient (Wildman–Crippen LogP) is 2.28. The highest BCUT2D eigenvalue weighted by Crippen LogP contribution is 2.12. The fourth-order valence-corrected chi connectivity index (χ4v) is 1.59. The van der Waals surface area contributed by atoms with Crippen molar-refractivity contribution in [3.05, 3.63) is 41.1 Å². The SMILES string of the molecule is Cc1nn(CC(=O)c2ccco2)c(C)c1C. The van der Waals surface area contributed by atoms with Gasteiger partial charge >= 0.3 is 0 Å². The zero-order valence-corrected chi connectivity index (χ0v) is 9.65. The molecule has 0 aliphatic heterocycles. The molecule has 84 valence electrons. The van der Waals surface area contributed by atoms with Gasteiger partial charge in [0.25, 0.3) is 0 Å². The van der Waals surface area contributed by atoms with E-state index in [0.717, 1.165) is 17.0 Å². The molecular formula is C12H14N2O2. The van der Waals surface area contributed by atoms with Crippen molar-refractivity contribution >= 4 is 5.78 Å². The minimum atomic E-state index is -0.0596. The van der Waals surface area contributed by atoms with Gasteiger partial charge in [-0.05, 0) is 38.5 Å². The quantitative estimate of drug-likeness (QED) is 0.742. The molecule has 0 aromatic carbocycles. The molecule has 16 heavy (non-hydrogen) atoms. The third-order valence-electron chi connectivity index (χ3n) is 2.83. The topological polar surface area (TPSA) is 48.0 Å². The van der Waals surface area contributed by atoms with Gasteiger partial charge in [-0.3, -0.25) is 9.48 Å². The standard InChI is InChI=1S/C12H14N2O2/c1-8-9(2)13-14(10(8)3)7-11(15)12-5-4-6-16-12/h4-6H,7H2,1-3H3. The smallest absolute Gasteiger partial charge is 0.219 e. The Hall–Kier alpha value is -1.84. The molecule has 0 bridgehead atoms. The molecule has 0 aliphatic rings. The van der Waals surface area contributed by atoms with E-state index >= 15 is 0 Å². The molecular weight excluding hydrogens is 204 g/mol. The number of hydrogen-bond donors (Lipinski definition) is 0. The molecule has 0 radical (unpaired) electrons. The summed E-state index contributed by atoms with van der Waals surface area (Å²) in [5, 5.41) is 4.31. The van der Waals surface area contributed by atoms with Gasteiger partial charge in [0, 0.05) is 5.69 Å². The summed E-state index contributed by atoms with van der Waals surface area (Å²) in [6.07, 6.45) is 1.50. The molecule has 2 aromatic heterocycles. The number of Topliss-reactive ketones (excluding diaryl/α,β-unsaturated/α-hetero) is 1. The van der Waals surface area contributed by atoms with Crippen LogP contribution >= 0.6 is 0 Å².